The number of halogens is 1. The van der Waals surface area contributed by atoms with E-state index in [1.54, 1.807) is 0 Å². The molecule has 262 valence electrons. The van der Waals surface area contributed by atoms with Gasteiger partial charge >= 0.3 is 5.97 Å². The van der Waals surface area contributed by atoms with Gasteiger partial charge < -0.3 is 18.6 Å². The largest absolute Gasteiger partial charge is 0.453 e. The number of esters is 1. The van der Waals surface area contributed by atoms with Crippen molar-refractivity contribution in [2.24, 2.45) is 5.92 Å². The summed E-state index contributed by atoms with van der Waals surface area (Å²) < 4.78 is 27.6. The first-order valence-electron chi connectivity index (χ1n) is 17.7. The Balaban J connectivity index is 1.26. The van der Waals surface area contributed by atoms with E-state index in [0.29, 0.717) is 17.0 Å². The highest BCUT2D eigenvalue weighted by molar-refractivity contribution is 6.99. The molecule has 5 aromatic carbocycles. The standard InChI is InChI=1S/C44H45ClO5Si/c1-43(2,3)51(35-17-11-7-12-18-35,36-19-13-8-14-20-36)50-38-29-37(40-41(38)49-44(4,5)48-40)39(32-25-27-34(45)28-26-32)47-42(46)33-23-21-31(22-24-33)30-15-9-6-10-16-30/h6-28,37-41H,29H2,1-5H3/t37-,38?,39?,40-,41+/m1/s1. The van der Waals surface area contributed by atoms with Gasteiger partial charge in [0.15, 0.2) is 5.79 Å². The van der Waals surface area contributed by atoms with Gasteiger partial charge in [-0.1, -0.05) is 148 Å². The normalized spacial score (nSPS) is 21.9. The lowest BCUT2D eigenvalue weighted by Gasteiger charge is -2.45. The van der Waals surface area contributed by atoms with Crippen molar-refractivity contribution in [3.05, 3.63) is 156 Å². The number of ether oxygens (including phenoxy) is 3. The smallest absolute Gasteiger partial charge is 0.338 e. The molecular weight excluding hydrogens is 672 g/mol. The second-order valence-electron chi connectivity index (χ2n) is 15.1. The maximum Gasteiger partial charge on any atom is 0.338 e. The number of benzene rings is 5. The Bertz CT molecular complexity index is 1890. The van der Waals surface area contributed by atoms with Crippen molar-refractivity contribution >= 4 is 36.3 Å². The molecular formula is C44H45ClO5Si. The van der Waals surface area contributed by atoms with Crippen LogP contribution < -0.4 is 10.4 Å². The molecule has 0 radical (unpaired) electrons. The van der Waals surface area contributed by atoms with Crippen LogP contribution in [0.25, 0.3) is 11.1 Å². The van der Waals surface area contributed by atoms with Crippen molar-refractivity contribution in [1.82, 2.24) is 0 Å². The first-order chi connectivity index (χ1) is 24.4. The van der Waals surface area contributed by atoms with Gasteiger partial charge in [0.25, 0.3) is 8.32 Å². The molecule has 1 saturated heterocycles. The molecule has 2 unspecified atom stereocenters. The molecule has 2 aliphatic rings. The van der Waals surface area contributed by atoms with E-state index in [0.717, 1.165) is 16.7 Å². The van der Waals surface area contributed by atoms with Crippen LogP contribution in [-0.4, -0.2) is 38.4 Å². The molecule has 1 aliphatic heterocycles. The minimum Gasteiger partial charge on any atom is -0.453 e. The zero-order valence-electron chi connectivity index (χ0n) is 29.8. The van der Waals surface area contributed by atoms with Gasteiger partial charge in [-0.2, -0.15) is 0 Å². The summed E-state index contributed by atoms with van der Waals surface area (Å²) in [7, 11) is -2.95. The van der Waals surface area contributed by atoms with E-state index >= 15 is 0 Å². The number of hydrogen-bond donors (Lipinski definition) is 0. The summed E-state index contributed by atoms with van der Waals surface area (Å²) in [5.74, 6) is -1.50. The van der Waals surface area contributed by atoms with Crippen LogP contribution in [0.2, 0.25) is 10.1 Å². The maximum atomic E-state index is 14.0. The van der Waals surface area contributed by atoms with Crippen LogP contribution in [0.5, 0.6) is 0 Å². The Morgan fingerprint density at radius 1 is 0.725 bits per heavy atom. The van der Waals surface area contributed by atoms with E-state index in [1.807, 2.05) is 80.6 Å². The molecule has 0 aromatic heterocycles. The number of carbonyl (C=O) groups excluding carboxylic acids is 1. The van der Waals surface area contributed by atoms with Crippen LogP contribution in [0.1, 0.15) is 63.1 Å². The molecule has 1 heterocycles. The zero-order valence-corrected chi connectivity index (χ0v) is 31.5. The molecule has 1 saturated carbocycles. The molecule has 2 fully saturated rings. The third-order valence-corrected chi connectivity index (χ3v) is 15.6. The Hall–Kier alpha value is -4.04. The minimum absolute atomic E-state index is 0.230. The predicted molar refractivity (Wildman–Crippen MR) is 206 cm³/mol. The van der Waals surface area contributed by atoms with Gasteiger partial charge in [-0.3, -0.25) is 0 Å². The topological polar surface area (TPSA) is 54.0 Å². The van der Waals surface area contributed by atoms with Crippen LogP contribution in [0.3, 0.4) is 0 Å². The summed E-state index contributed by atoms with van der Waals surface area (Å²) in [5, 5.41) is 2.77. The van der Waals surface area contributed by atoms with Gasteiger partial charge in [-0.05, 0) is 76.6 Å². The summed E-state index contributed by atoms with van der Waals surface area (Å²) in [6.45, 7) is 10.7. The Morgan fingerprint density at radius 2 is 1.24 bits per heavy atom. The number of carbonyl (C=O) groups is 1. The predicted octanol–water partition coefficient (Wildman–Crippen LogP) is 9.39. The highest BCUT2D eigenvalue weighted by Gasteiger charge is 2.61. The van der Waals surface area contributed by atoms with E-state index in [-0.39, 0.29) is 29.3 Å². The molecule has 0 amide bonds. The monoisotopic (exact) mass is 716 g/mol. The van der Waals surface area contributed by atoms with Crippen LogP contribution >= 0.6 is 11.6 Å². The number of rotatable bonds is 9. The third-order valence-electron chi connectivity index (χ3n) is 10.3. The van der Waals surface area contributed by atoms with Crippen molar-refractivity contribution in [1.29, 1.82) is 0 Å². The Kier molecular flexibility index (Phi) is 9.83. The van der Waals surface area contributed by atoms with E-state index < -0.39 is 26.2 Å². The molecule has 5 aromatic rings. The molecule has 5 atom stereocenters. The molecule has 51 heavy (non-hydrogen) atoms. The average Bonchev–Trinajstić information content (AvgIpc) is 3.63. The van der Waals surface area contributed by atoms with Crippen molar-refractivity contribution in [3.63, 3.8) is 0 Å². The molecule has 1 aliphatic carbocycles. The lowest BCUT2D eigenvalue weighted by molar-refractivity contribution is -0.170. The van der Waals surface area contributed by atoms with Gasteiger partial charge in [0, 0.05) is 10.9 Å². The molecule has 5 nitrogen and oxygen atoms in total. The van der Waals surface area contributed by atoms with Crippen molar-refractivity contribution in [3.8, 4) is 11.1 Å². The van der Waals surface area contributed by atoms with Gasteiger partial charge in [0.2, 0.25) is 0 Å². The SMILES string of the molecule is CC1(C)O[C@@H]2[C@@H](C(OC(=O)c3ccc(-c4ccccc4)cc3)c3ccc(Cl)cc3)CC(O[Si](c3ccccc3)(c3ccccc3)C(C)(C)C)[C@@H]2O1. The van der Waals surface area contributed by atoms with Crippen LogP contribution in [0.15, 0.2) is 140 Å². The highest BCUT2D eigenvalue weighted by Crippen LogP contribution is 2.51. The molecule has 0 N–H and O–H groups in total. The van der Waals surface area contributed by atoms with Gasteiger partial charge in [0.1, 0.15) is 12.2 Å². The highest BCUT2D eigenvalue weighted by atomic mass is 35.5. The summed E-state index contributed by atoms with van der Waals surface area (Å²) in [5.41, 5.74) is 3.44. The fourth-order valence-electron chi connectivity index (χ4n) is 7.97. The first-order valence-corrected chi connectivity index (χ1v) is 20.0. The first kappa shape index (κ1) is 35.4. The zero-order chi connectivity index (χ0) is 35.8. The van der Waals surface area contributed by atoms with E-state index in [4.69, 9.17) is 30.2 Å². The minimum atomic E-state index is -2.95. The van der Waals surface area contributed by atoms with Crippen LogP contribution in [-0.2, 0) is 18.6 Å². The fraction of sp³-hybridized carbons (Fsp3) is 0.295. The molecule has 0 spiro atoms. The number of fused-ring (bicyclic) bond motifs is 1. The van der Waals surface area contributed by atoms with E-state index in [2.05, 4.69) is 93.6 Å². The lowest BCUT2D eigenvalue weighted by atomic mass is 9.92. The Labute approximate surface area is 307 Å². The summed E-state index contributed by atoms with van der Waals surface area (Å²) in [6, 6.07) is 46.5. The van der Waals surface area contributed by atoms with Crippen molar-refractivity contribution in [2.75, 3.05) is 0 Å². The van der Waals surface area contributed by atoms with Gasteiger partial charge in [0.05, 0.1) is 17.8 Å². The summed E-state index contributed by atoms with van der Waals surface area (Å²) in [6.07, 6.45) is -1.14. The van der Waals surface area contributed by atoms with E-state index in [1.165, 1.54) is 10.4 Å². The van der Waals surface area contributed by atoms with Gasteiger partial charge in [-0.15, -0.1) is 0 Å². The number of hydrogen-bond acceptors (Lipinski definition) is 5. The second-order valence-corrected chi connectivity index (χ2v) is 19.8. The third kappa shape index (κ3) is 7.08. The summed E-state index contributed by atoms with van der Waals surface area (Å²) in [4.78, 5) is 14.0. The van der Waals surface area contributed by atoms with Crippen LogP contribution in [0, 0.1) is 5.92 Å². The molecule has 7 rings (SSSR count). The van der Waals surface area contributed by atoms with Crippen molar-refractivity contribution < 1.29 is 23.4 Å². The molecule has 7 heteroatoms. The lowest BCUT2D eigenvalue weighted by Crippen LogP contribution is -2.68. The fourth-order valence-corrected chi connectivity index (χ4v) is 12.8. The van der Waals surface area contributed by atoms with Gasteiger partial charge in [-0.25, -0.2) is 4.79 Å². The maximum absolute atomic E-state index is 14.0. The summed E-state index contributed by atoms with van der Waals surface area (Å²) >= 11 is 6.36. The Morgan fingerprint density at radius 3 is 1.78 bits per heavy atom. The molecule has 0 bridgehead atoms. The average molecular weight is 717 g/mol. The second kappa shape index (κ2) is 14.2. The van der Waals surface area contributed by atoms with E-state index in [9.17, 15) is 4.79 Å². The van der Waals surface area contributed by atoms with Crippen LogP contribution in [0.4, 0.5) is 0 Å². The quantitative estimate of drug-likeness (QED) is 0.112. The van der Waals surface area contributed by atoms with Crippen molar-refractivity contribution in [2.45, 2.75) is 76.3 Å².